The van der Waals surface area contributed by atoms with Gasteiger partial charge in [-0.3, -0.25) is 9.89 Å². The van der Waals surface area contributed by atoms with Crippen LogP contribution in [0.3, 0.4) is 0 Å². The molecule has 2 aromatic carbocycles. The van der Waals surface area contributed by atoms with Gasteiger partial charge in [0.15, 0.2) is 0 Å². The van der Waals surface area contributed by atoms with Gasteiger partial charge in [0, 0.05) is 29.9 Å². The number of fused-ring (bicyclic) bond motifs is 2. The van der Waals surface area contributed by atoms with Gasteiger partial charge in [0.1, 0.15) is 5.75 Å². The predicted octanol–water partition coefficient (Wildman–Crippen LogP) is 3.71. The minimum Gasteiger partial charge on any atom is -0.497 e. The van der Waals surface area contributed by atoms with Crippen molar-refractivity contribution in [1.29, 1.82) is 0 Å². The van der Waals surface area contributed by atoms with E-state index in [1.807, 2.05) is 37.5 Å². The summed E-state index contributed by atoms with van der Waals surface area (Å²) in [5, 5.41) is 10.3. The molecule has 2 aliphatic rings. The van der Waals surface area contributed by atoms with Crippen molar-refractivity contribution in [3.8, 4) is 16.9 Å². The number of aromatic amines is 1. The summed E-state index contributed by atoms with van der Waals surface area (Å²) in [6.07, 6.45) is 6.60. The van der Waals surface area contributed by atoms with Gasteiger partial charge in [0.05, 0.1) is 18.8 Å². The lowest BCUT2D eigenvalue weighted by Crippen LogP contribution is -2.42. The number of amides is 1. The first kappa shape index (κ1) is 18.9. The maximum absolute atomic E-state index is 13.7. The Hall–Kier alpha value is -3.12. The molecule has 30 heavy (non-hydrogen) atoms. The van der Waals surface area contributed by atoms with Crippen molar-refractivity contribution in [3.05, 3.63) is 71.5 Å². The summed E-state index contributed by atoms with van der Waals surface area (Å²) in [4.78, 5) is 15.8. The van der Waals surface area contributed by atoms with E-state index in [2.05, 4.69) is 38.6 Å². The molecule has 2 heterocycles. The molecule has 1 aromatic heterocycles. The lowest BCUT2D eigenvalue weighted by atomic mass is 9.86. The van der Waals surface area contributed by atoms with Crippen LogP contribution in [0.2, 0.25) is 0 Å². The highest BCUT2D eigenvalue weighted by Gasteiger charge is 2.53. The molecule has 6 heteroatoms. The molecule has 1 fully saturated rings. The molecular weight excluding hydrogens is 376 g/mol. The first-order valence-electron chi connectivity index (χ1n) is 10.4. The minimum absolute atomic E-state index is 0.106. The van der Waals surface area contributed by atoms with Crippen LogP contribution in [0.15, 0.2) is 54.9 Å². The highest BCUT2D eigenvalue weighted by molar-refractivity contribution is 6.01. The predicted molar refractivity (Wildman–Crippen MR) is 115 cm³/mol. The van der Waals surface area contributed by atoms with Gasteiger partial charge in [-0.15, -0.1) is 0 Å². The molecule has 1 spiro atoms. The van der Waals surface area contributed by atoms with Crippen LogP contribution >= 0.6 is 0 Å². The van der Waals surface area contributed by atoms with Crippen molar-refractivity contribution in [3.63, 3.8) is 0 Å². The normalized spacial score (nSPS) is 22.7. The number of ether oxygens (including phenoxy) is 1. The Morgan fingerprint density at radius 1 is 1.27 bits per heavy atom. The number of methoxy groups -OCH3 is 1. The number of benzene rings is 2. The van der Waals surface area contributed by atoms with Gasteiger partial charge in [0.25, 0.3) is 5.91 Å². The van der Waals surface area contributed by atoms with Gasteiger partial charge in [-0.25, -0.2) is 0 Å². The molecule has 1 saturated carbocycles. The Bertz CT molecular complexity index is 1080. The number of nitrogens with zero attached hydrogens (tertiary/aromatic N) is 2. The van der Waals surface area contributed by atoms with Crippen LogP contribution in [0.4, 0.5) is 0 Å². The summed E-state index contributed by atoms with van der Waals surface area (Å²) in [6.45, 7) is 0.572. The van der Waals surface area contributed by atoms with Gasteiger partial charge < -0.3 is 15.0 Å². The highest BCUT2D eigenvalue weighted by Crippen LogP contribution is 2.51. The molecule has 1 aliphatic carbocycles. The first-order valence-corrected chi connectivity index (χ1v) is 10.4. The van der Waals surface area contributed by atoms with Crippen molar-refractivity contribution >= 4 is 5.91 Å². The highest BCUT2D eigenvalue weighted by atomic mass is 16.5. The Kier molecular flexibility index (Phi) is 4.59. The van der Waals surface area contributed by atoms with Crippen LogP contribution in [0.5, 0.6) is 5.75 Å². The molecule has 2 atom stereocenters. The topological polar surface area (TPSA) is 70.2 Å². The second-order valence-electron chi connectivity index (χ2n) is 8.25. The number of hydrogen-bond donors (Lipinski definition) is 2. The summed E-state index contributed by atoms with van der Waals surface area (Å²) in [5.74, 6) is 0.919. The van der Waals surface area contributed by atoms with E-state index in [9.17, 15) is 4.79 Å². The second-order valence-corrected chi connectivity index (χ2v) is 8.25. The molecule has 2 N–H and O–H groups in total. The average molecular weight is 402 g/mol. The zero-order chi connectivity index (χ0) is 20.7. The zero-order valence-corrected chi connectivity index (χ0v) is 17.3. The van der Waals surface area contributed by atoms with Crippen molar-refractivity contribution in [2.45, 2.75) is 37.4 Å². The zero-order valence-electron chi connectivity index (χ0n) is 17.3. The first-order chi connectivity index (χ1) is 14.6. The Morgan fingerprint density at radius 2 is 2.17 bits per heavy atom. The molecular formula is C24H26N4O2. The SMILES string of the molecule is CNC1CCC2(C1)c1ccc(-c3cn[nH]c3)cc1C(=O)N2Cc1cccc(OC)c1. The van der Waals surface area contributed by atoms with Crippen molar-refractivity contribution < 1.29 is 9.53 Å². The van der Waals surface area contributed by atoms with Gasteiger partial charge >= 0.3 is 0 Å². The van der Waals surface area contributed by atoms with Crippen LogP contribution in [0, 0.1) is 0 Å². The van der Waals surface area contributed by atoms with E-state index >= 15 is 0 Å². The summed E-state index contributed by atoms with van der Waals surface area (Å²) < 4.78 is 5.39. The summed E-state index contributed by atoms with van der Waals surface area (Å²) in [6, 6.07) is 14.7. The minimum atomic E-state index is -0.266. The molecule has 1 aliphatic heterocycles. The molecule has 0 saturated heterocycles. The van der Waals surface area contributed by atoms with E-state index in [4.69, 9.17) is 4.74 Å². The second kappa shape index (κ2) is 7.29. The maximum atomic E-state index is 13.7. The van der Waals surface area contributed by atoms with Crippen LogP contribution in [0.25, 0.3) is 11.1 Å². The average Bonchev–Trinajstić information content (AvgIpc) is 3.51. The Morgan fingerprint density at radius 3 is 2.90 bits per heavy atom. The Balaban J connectivity index is 1.57. The number of hydrogen-bond acceptors (Lipinski definition) is 4. The van der Waals surface area contributed by atoms with Gasteiger partial charge in [-0.1, -0.05) is 24.3 Å². The molecule has 1 amide bonds. The summed E-state index contributed by atoms with van der Waals surface area (Å²) in [5.41, 5.74) is 4.78. The molecule has 0 radical (unpaired) electrons. The molecule has 5 rings (SSSR count). The molecule has 6 nitrogen and oxygen atoms in total. The quantitative estimate of drug-likeness (QED) is 0.683. The number of carbonyl (C=O) groups excluding carboxylic acids is 1. The van der Waals surface area contributed by atoms with Gasteiger partial charge in [0.2, 0.25) is 0 Å². The van der Waals surface area contributed by atoms with E-state index in [-0.39, 0.29) is 11.4 Å². The van der Waals surface area contributed by atoms with E-state index in [0.717, 1.165) is 52.8 Å². The van der Waals surface area contributed by atoms with Crippen LogP contribution in [-0.2, 0) is 12.1 Å². The van der Waals surface area contributed by atoms with Crippen LogP contribution < -0.4 is 10.1 Å². The van der Waals surface area contributed by atoms with Crippen molar-refractivity contribution in [2.75, 3.05) is 14.2 Å². The van der Waals surface area contributed by atoms with Crippen molar-refractivity contribution in [2.24, 2.45) is 0 Å². The third-order valence-electron chi connectivity index (χ3n) is 6.72. The molecule has 154 valence electrons. The lowest BCUT2D eigenvalue weighted by Gasteiger charge is -2.36. The van der Waals surface area contributed by atoms with Crippen LogP contribution in [-0.4, -0.2) is 41.2 Å². The Labute approximate surface area is 176 Å². The fourth-order valence-corrected chi connectivity index (χ4v) is 5.14. The number of nitrogens with one attached hydrogen (secondary N) is 2. The van der Waals surface area contributed by atoms with E-state index in [1.165, 1.54) is 0 Å². The lowest BCUT2D eigenvalue weighted by molar-refractivity contribution is 0.0523. The number of rotatable bonds is 5. The van der Waals surface area contributed by atoms with Gasteiger partial charge in [-0.2, -0.15) is 5.10 Å². The summed E-state index contributed by atoms with van der Waals surface area (Å²) in [7, 11) is 3.68. The number of H-pyrrole nitrogens is 1. The third-order valence-corrected chi connectivity index (χ3v) is 6.72. The molecule has 3 aromatic rings. The fraction of sp³-hybridized carbons (Fsp3) is 0.333. The number of carbonyl (C=O) groups is 1. The van der Waals surface area contributed by atoms with E-state index in [1.54, 1.807) is 13.3 Å². The smallest absolute Gasteiger partial charge is 0.255 e. The monoisotopic (exact) mass is 402 g/mol. The van der Waals surface area contributed by atoms with E-state index < -0.39 is 0 Å². The van der Waals surface area contributed by atoms with Crippen LogP contribution in [0.1, 0.15) is 40.7 Å². The largest absolute Gasteiger partial charge is 0.497 e. The van der Waals surface area contributed by atoms with Crippen molar-refractivity contribution in [1.82, 2.24) is 20.4 Å². The molecule has 2 unspecified atom stereocenters. The van der Waals surface area contributed by atoms with E-state index in [0.29, 0.717) is 12.6 Å². The van der Waals surface area contributed by atoms with Gasteiger partial charge in [-0.05, 0) is 61.2 Å². The maximum Gasteiger partial charge on any atom is 0.255 e. The third kappa shape index (κ3) is 2.91. The summed E-state index contributed by atoms with van der Waals surface area (Å²) >= 11 is 0. The standard InChI is InChI=1S/C24H26N4O2/c1-25-19-8-9-24(12-19)22-7-6-17(18-13-26-27-14-18)11-21(22)23(29)28(24)15-16-4-3-5-20(10-16)30-2/h3-7,10-11,13-14,19,25H,8-9,12,15H2,1-2H3,(H,26,27). The molecule has 0 bridgehead atoms. The fourth-order valence-electron chi connectivity index (χ4n) is 5.14. The number of aromatic nitrogens is 2.